The number of hydrogen-bond acceptors (Lipinski definition) is 5. The van der Waals surface area contributed by atoms with Gasteiger partial charge in [-0.3, -0.25) is 4.90 Å². The number of nitrogens with zero attached hydrogens (tertiary/aromatic N) is 3. The molecule has 0 saturated carbocycles. The first-order valence-electron chi connectivity index (χ1n) is 8.48. The summed E-state index contributed by atoms with van der Waals surface area (Å²) in [7, 11) is 0. The van der Waals surface area contributed by atoms with E-state index in [0.29, 0.717) is 12.2 Å². The number of benzene rings is 1. The fraction of sp³-hybridized carbons (Fsp3) is 0.500. The van der Waals surface area contributed by atoms with Crippen molar-refractivity contribution >= 4 is 5.82 Å². The van der Waals surface area contributed by atoms with Gasteiger partial charge in [-0.15, -0.1) is 0 Å². The fourth-order valence-corrected chi connectivity index (χ4v) is 3.11. The van der Waals surface area contributed by atoms with Gasteiger partial charge in [0.1, 0.15) is 11.6 Å². The number of anilines is 1. The highest BCUT2D eigenvalue weighted by Crippen LogP contribution is 2.20. The van der Waals surface area contributed by atoms with E-state index in [4.69, 9.17) is 4.74 Å². The first-order chi connectivity index (χ1) is 11.5. The summed E-state index contributed by atoms with van der Waals surface area (Å²) < 4.78 is 7.52. The number of rotatable bonds is 5. The fourth-order valence-electron chi connectivity index (χ4n) is 3.11. The van der Waals surface area contributed by atoms with Gasteiger partial charge in [0.2, 0.25) is 0 Å². The average Bonchev–Trinajstić information content (AvgIpc) is 2.98. The van der Waals surface area contributed by atoms with Crippen molar-refractivity contribution in [2.45, 2.75) is 33.0 Å². The molecule has 0 spiro atoms. The summed E-state index contributed by atoms with van der Waals surface area (Å²) in [5.74, 6) is 1.12. The summed E-state index contributed by atoms with van der Waals surface area (Å²) in [6, 6.07) is 7.51. The van der Waals surface area contributed by atoms with E-state index < -0.39 is 0 Å². The van der Waals surface area contributed by atoms with Crippen LogP contribution in [0.3, 0.4) is 0 Å². The summed E-state index contributed by atoms with van der Waals surface area (Å²) in [5.41, 5.74) is 1.71. The van der Waals surface area contributed by atoms with Crippen molar-refractivity contribution < 1.29 is 9.84 Å². The number of nitrogens with one attached hydrogen (secondary N) is 1. The van der Waals surface area contributed by atoms with Crippen molar-refractivity contribution in [1.82, 2.24) is 14.7 Å². The lowest BCUT2D eigenvalue weighted by atomic mass is 10.2. The Morgan fingerprint density at radius 2 is 2.00 bits per heavy atom. The lowest BCUT2D eigenvalue weighted by Crippen LogP contribution is -2.46. The molecule has 1 aromatic heterocycles. The zero-order valence-corrected chi connectivity index (χ0v) is 14.6. The third-order valence-corrected chi connectivity index (χ3v) is 4.28. The van der Waals surface area contributed by atoms with Gasteiger partial charge in [-0.2, -0.15) is 5.10 Å². The van der Waals surface area contributed by atoms with Crippen LogP contribution in [0.2, 0.25) is 0 Å². The van der Waals surface area contributed by atoms with Gasteiger partial charge in [0, 0.05) is 44.5 Å². The zero-order valence-electron chi connectivity index (χ0n) is 14.6. The minimum absolute atomic E-state index is 0.285. The van der Waals surface area contributed by atoms with E-state index in [0.717, 1.165) is 43.2 Å². The van der Waals surface area contributed by atoms with Crippen LogP contribution in [0, 0.1) is 6.92 Å². The minimum atomic E-state index is 0.285. The molecule has 1 saturated heterocycles. The molecule has 2 heterocycles. The highest BCUT2D eigenvalue weighted by Gasteiger charge is 2.21. The number of aromatic nitrogens is 2. The van der Waals surface area contributed by atoms with E-state index in [1.807, 2.05) is 31.3 Å². The first kappa shape index (κ1) is 16.8. The summed E-state index contributed by atoms with van der Waals surface area (Å²) >= 11 is 0. The van der Waals surface area contributed by atoms with E-state index >= 15 is 0 Å². The molecule has 6 heteroatoms. The van der Waals surface area contributed by atoms with Gasteiger partial charge in [-0.25, -0.2) is 4.68 Å². The Morgan fingerprint density at radius 3 is 2.71 bits per heavy atom. The normalized spacial score (nSPS) is 21.8. The molecule has 3 rings (SSSR count). The maximum atomic E-state index is 9.82. The van der Waals surface area contributed by atoms with Crippen molar-refractivity contribution in [1.29, 1.82) is 0 Å². The lowest BCUT2D eigenvalue weighted by molar-refractivity contribution is -0.0667. The molecule has 1 aliphatic rings. The molecule has 6 nitrogen and oxygen atoms in total. The maximum absolute atomic E-state index is 9.82. The van der Waals surface area contributed by atoms with Gasteiger partial charge < -0.3 is 15.2 Å². The molecule has 0 amide bonds. The van der Waals surface area contributed by atoms with Crippen LogP contribution in [-0.2, 0) is 4.74 Å². The molecule has 0 aliphatic carbocycles. The zero-order chi connectivity index (χ0) is 17.1. The van der Waals surface area contributed by atoms with Crippen LogP contribution >= 0.6 is 0 Å². The van der Waals surface area contributed by atoms with E-state index in [1.54, 1.807) is 10.7 Å². The number of phenols is 1. The SMILES string of the molecule is Cc1ccc(-n2ccc(NCCN3CC(C)OC(C)C3)n2)cc1O. The molecule has 24 heavy (non-hydrogen) atoms. The van der Waals surface area contributed by atoms with Crippen LogP contribution in [0.1, 0.15) is 19.4 Å². The second-order valence-corrected chi connectivity index (χ2v) is 6.56. The molecule has 0 bridgehead atoms. The van der Waals surface area contributed by atoms with Gasteiger partial charge in [0.05, 0.1) is 17.9 Å². The predicted octanol–water partition coefficient (Wildman–Crippen LogP) is 2.41. The summed E-state index contributed by atoms with van der Waals surface area (Å²) in [6.07, 6.45) is 2.48. The van der Waals surface area contributed by atoms with Crippen molar-refractivity contribution in [2.24, 2.45) is 0 Å². The molecular weight excluding hydrogens is 304 g/mol. The predicted molar refractivity (Wildman–Crippen MR) is 94.9 cm³/mol. The molecule has 2 aromatic rings. The van der Waals surface area contributed by atoms with Crippen LogP contribution in [0.25, 0.3) is 5.69 Å². The average molecular weight is 330 g/mol. The highest BCUT2D eigenvalue weighted by molar-refractivity contribution is 5.44. The molecule has 130 valence electrons. The van der Waals surface area contributed by atoms with E-state index in [9.17, 15) is 5.11 Å². The van der Waals surface area contributed by atoms with Gasteiger partial charge in [0.25, 0.3) is 0 Å². The smallest absolute Gasteiger partial charge is 0.148 e. The van der Waals surface area contributed by atoms with Gasteiger partial charge in [-0.05, 0) is 32.4 Å². The molecular formula is C18H26N4O2. The van der Waals surface area contributed by atoms with Crippen LogP contribution in [0.15, 0.2) is 30.5 Å². The molecule has 1 fully saturated rings. The number of hydrogen-bond donors (Lipinski definition) is 2. The van der Waals surface area contributed by atoms with Gasteiger partial charge in [-0.1, -0.05) is 6.07 Å². The first-order valence-corrected chi connectivity index (χ1v) is 8.48. The molecule has 2 atom stereocenters. The Balaban J connectivity index is 1.53. The third-order valence-electron chi connectivity index (χ3n) is 4.28. The summed E-state index contributed by atoms with van der Waals surface area (Å²) in [6.45, 7) is 9.88. The third kappa shape index (κ3) is 4.07. The maximum Gasteiger partial charge on any atom is 0.148 e. The Hall–Kier alpha value is -2.05. The molecule has 2 unspecified atom stereocenters. The van der Waals surface area contributed by atoms with Crippen molar-refractivity contribution in [3.63, 3.8) is 0 Å². The van der Waals surface area contributed by atoms with Crippen LogP contribution in [0.5, 0.6) is 5.75 Å². The number of phenolic OH excluding ortho intramolecular Hbond substituents is 1. The van der Waals surface area contributed by atoms with Crippen LogP contribution in [0.4, 0.5) is 5.82 Å². The summed E-state index contributed by atoms with van der Waals surface area (Å²) in [4.78, 5) is 2.42. The minimum Gasteiger partial charge on any atom is -0.508 e. The van der Waals surface area contributed by atoms with E-state index in [2.05, 4.69) is 29.2 Å². The quantitative estimate of drug-likeness (QED) is 0.881. The summed E-state index contributed by atoms with van der Waals surface area (Å²) in [5, 5.41) is 17.7. The van der Waals surface area contributed by atoms with Crippen molar-refractivity contribution in [2.75, 3.05) is 31.5 Å². The Kier molecular flexibility index (Phi) is 5.06. The monoisotopic (exact) mass is 330 g/mol. The van der Waals surface area contributed by atoms with E-state index in [-0.39, 0.29) is 5.75 Å². The largest absolute Gasteiger partial charge is 0.508 e. The molecule has 1 aromatic carbocycles. The second-order valence-electron chi connectivity index (χ2n) is 6.56. The second kappa shape index (κ2) is 7.23. The van der Waals surface area contributed by atoms with Crippen molar-refractivity contribution in [3.05, 3.63) is 36.0 Å². The number of aryl methyl sites for hydroxylation is 1. The van der Waals surface area contributed by atoms with Gasteiger partial charge >= 0.3 is 0 Å². The van der Waals surface area contributed by atoms with Gasteiger partial charge in [0.15, 0.2) is 0 Å². The standard InChI is InChI=1S/C18H26N4O2/c1-13-4-5-16(10-17(13)23)22-8-6-18(20-22)19-7-9-21-11-14(2)24-15(3)12-21/h4-6,8,10,14-15,23H,7,9,11-12H2,1-3H3,(H,19,20). The molecule has 0 radical (unpaired) electrons. The Morgan fingerprint density at radius 1 is 1.25 bits per heavy atom. The Labute approximate surface area is 143 Å². The lowest BCUT2D eigenvalue weighted by Gasteiger charge is -2.35. The van der Waals surface area contributed by atoms with E-state index in [1.165, 1.54) is 0 Å². The van der Waals surface area contributed by atoms with Crippen LogP contribution < -0.4 is 5.32 Å². The topological polar surface area (TPSA) is 62.6 Å². The number of ether oxygens (including phenoxy) is 1. The number of aromatic hydroxyl groups is 1. The molecule has 2 N–H and O–H groups in total. The Bertz CT molecular complexity index is 675. The highest BCUT2D eigenvalue weighted by atomic mass is 16.5. The molecule has 1 aliphatic heterocycles. The number of morpholine rings is 1. The van der Waals surface area contributed by atoms with Crippen molar-refractivity contribution in [3.8, 4) is 11.4 Å². The van der Waals surface area contributed by atoms with Crippen LogP contribution in [-0.4, -0.2) is 58.2 Å².